The van der Waals surface area contributed by atoms with Gasteiger partial charge in [-0.1, -0.05) is 0 Å². The number of aryl methyl sites for hydroxylation is 2. The van der Waals surface area contributed by atoms with Crippen LogP contribution in [-0.2, 0) is 0 Å². The Kier molecular flexibility index (Phi) is 2.78. The van der Waals surface area contributed by atoms with E-state index in [0.717, 1.165) is 22.6 Å². The molecule has 0 amide bonds. The second-order valence-electron chi connectivity index (χ2n) is 5.52. The van der Waals surface area contributed by atoms with Crippen LogP contribution in [0.1, 0.15) is 31.1 Å². The van der Waals surface area contributed by atoms with Crippen molar-refractivity contribution in [3.63, 3.8) is 0 Å². The molecule has 5 nitrogen and oxygen atoms in total. The highest BCUT2D eigenvalue weighted by molar-refractivity contribution is 5.74. The fourth-order valence-corrected chi connectivity index (χ4v) is 2.51. The fourth-order valence-electron chi connectivity index (χ4n) is 2.51. The van der Waals surface area contributed by atoms with Gasteiger partial charge in [-0.25, -0.2) is 4.98 Å². The zero-order valence-corrected chi connectivity index (χ0v) is 12.3. The number of fused-ring (bicyclic) bond motifs is 1. The minimum Gasteiger partial charge on any atom is -0.383 e. The Hall–Kier alpha value is -2.30. The minimum absolute atomic E-state index is 0.325. The van der Waals surface area contributed by atoms with Crippen molar-refractivity contribution in [1.29, 1.82) is 0 Å². The number of nitrogens with zero attached hydrogens (tertiary/aromatic N) is 4. The third-order valence-corrected chi connectivity index (χ3v) is 3.49. The van der Waals surface area contributed by atoms with Crippen molar-refractivity contribution in [3.8, 4) is 11.3 Å². The molecule has 0 saturated carbocycles. The van der Waals surface area contributed by atoms with E-state index in [1.807, 2.05) is 34.5 Å². The summed E-state index contributed by atoms with van der Waals surface area (Å²) in [5.41, 5.74) is 11.2. The van der Waals surface area contributed by atoms with E-state index in [-0.39, 0.29) is 0 Å². The number of rotatable bonds is 2. The number of pyridine rings is 1. The number of hydrogen-bond donors (Lipinski definition) is 1. The van der Waals surface area contributed by atoms with Crippen molar-refractivity contribution in [2.24, 2.45) is 0 Å². The first-order valence-electron chi connectivity index (χ1n) is 6.77. The highest BCUT2D eigenvalue weighted by Crippen LogP contribution is 2.28. The largest absolute Gasteiger partial charge is 0.383 e. The lowest BCUT2D eigenvalue weighted by atomic mass is 10.2. The standard InChI is InChI=1S/C15H19N5/c1-9(2)19-8-12(7-17-19)14-15(16)20-11(4)5-10(3)6-13(20)18-14/h5-9H,16H2,1-4H3. The van der Waals surface area contributed by atoms with Gasteiger partial charge in [0, 0.05) is 23.5 Å². The van der Waals surface area contributed by atoms with E-state index in [2.05, 4.69) is 36.9 Å². The molecule has 20 heavy (non-hydrogen) atoms. The molecule has 0 bridgehead atoms. The number of anilines is 1. The van der Waals surface area contributed by atoms with E-state index in [1.165, 1.54) is 5.56 Å². The lowest BCUT2D eigenvalue weighted by Crippen LogP contribution is -2.00. The maximum absolute atomic E-state index is 6.27. The normalized spacial score (nSPS) is 11.7. The summed E-state index contributed by atoms with van der Waals surface area (Å²) < 4.78 is 3.89. The van der Waals surface area contributed by atoms with Crippen LogP contribution in [0.3, 0.4) is 0 Å². The lowest BCUT2D eigenvalue weighted by molar-refractivity contribution is 0.532. The summed E-state index contributed by atoms with van der Waals surface area (Å²) in [7, 11) is 0. The molecule has 3 rings (SSSR count). The highest BCUT2D eigenvalue weighted by atomic mass is 15.3. The molecule has 104 valence electrons. The average molecular weight is 269 g/mol. The van der Waals surface area contributed by atoms with Gasteiger partial charge < -0.3 is 5.73 Å². The predicted octanol–water partition coefficient (Wildman–Crippen LogP) is 2.98. The van der Waals surface area contributed by atoms with E-state index in [0.29, 0.717) is 11.9 Å². The predicted molar refractivity (Wildman–Crippen MR) is 80.7 cm³/mol. The molecule has 0 radical (unpaired) electrons. The summed E-state index contributed by atoms with van der Waals surface area (Å²) >= 11 is 0. The number of imidazole rings is 1. The Morgan fingerprint density at radius 2 is 1.95 bits per heavy atom. The lowest BCUT2D eigenvalue weighted by Gasteiger charge is -2.03. The number of hydrogen-bond acceptors (Lipinski definition) is 3. The van der Waals surface area contributed by atoms with Gasteiger partial charge in [0.1, 0.15) is 17.2 Å². The molecule has 0 unspecified atom stereocenters. The first kappa shape index (κ1) is 12.7. The van der Waals surface area contributed by atoms with Crippen molar-refractivity contribution >= 4 is 11.5 Å². The summed E-state index contributed by atoms with van der Waals surface area (Å²) in [5, 5.41) is 4.36. The zero-order chi connectivity index (χ0) is 14.4. The Morgan fingerprint density at radius 3 is 2.60 bits per heavy atom. The Labute approximate surface area is 118 Å². The summed E-state index contributed by atoms with van der Waals surface area (Å²) in [6, 6.07) is 4.47. The number of nitrogen functional groups attached to an aromatic ring is 1. The molecule has 0 aliphatic rings. The second-order valence-corrected chi connectivity index (χ2v) is 5.52. The molecule has 0 saturated heterocycles. The molecule has 0 atom stereocenters. The van der Waals surface area contributed by atoms with Crippen molar-refractivity contribution in [2.75, 3.05) is 5.73 Å². The number of aromatic nitrogens is 4. The average Bonchev–Trinajstić information content (AvgIpc) is 2.93. The smallest absolute Gasteiger partial charge is 0.139 e. The van der Waals surface area contributed by atoms with Crippen LogP contribution in [-0.4, -0.2) is 19.2 Å². The molecule has 3 aromatic heterocycles. The molecule has 2 N–H and O–H groups in total. The second kappa shape index (κ2) is 4.37. The van der Waals surface area contributed by atoms with Gasteiger partial charge in [-0.3, -0.25) is 9.08 Å². The first-order valence-corrected chi connectivity index (χ1v) is 6.77. The van der Waals surface area contributed by atoms with Crippen LogP contribution >= 0.6 is 0 Å². The molecule has 3 heterocycles. The summed E-state index contributed by atoms with van der Waals surface area (Å²) in [5.74, 6) is 0.667. The molecule has 0 aromatic carbocycles. The topological polar surface area (TPSA) is 61.1 Å². The number of nitrogens with two attached hydrogens (primary N) is 1. The van der Waals surface area contributed by atoms with Crippen LogP contribution in [0, 0.1) is 13.8 Å². The van der Waals surface area contributed by atoms with Crippen molar-refractivity contribution in [3.05, 3.63) is 35.8 Å². The Balaban J connectivity index is 2.21. The molecular weight excluding hydrogens is 250 g/mol. The van der Waals surface area contributed by atoms with Crippen LogP contribution < -0.4 is 5.73 Å². The van der Waals surface area contributed by atoms with Crippen molar-refractivity contribution in [1.82, 2.24) is 19.2 Å². The van der Waals surface area contributed by atoms with Gasteiger partial charge in [0.05, 0.1) is 6.20 Å². The van der Waals surface area contributed by atoms with Crippen LogP contribution in [0.25, 0.3) is 16.9 Å². The van der Waals surface area contributed by atoms with E-state index in [1.54, 1.807) is 0 Å². The van der Waals surface area contributed by atoms with Gasteiger partial charge >= 0.3 is 0 Å². The van der Waals surface area contributed by atoms with E-state index in [9.17, 15) is 0 Å². The van der Waals surface area contributed by atoms with Gasteiger partial charge in [-0.2, -0.15) is 5.10 Å². The molecule has 0 spiro atoms. The van der Waals surface area contributed by atoms with Gasteiger partial charge in [0.2, 0.25) is 0 Å². The minimum atomic E-state index is 0.325. The molecule has 3 aromatic rings. The highest BCUT2D eigenvalue weighted by Gasteiger charge is 2.15. The van der Waals surface area contributed by atoms with Crippen LogP contribution in [0.15, 0.2) is 24.5 Å². The molecule has 0 aliphatic carbocycles. The van der Waals surface area contributed by atoms with Crippen molar-refractivity contribution in [2.45, 2.75) is 33.7 Å². The van der Waals surface area contributed by atoms with E-state index < -0.39 is 0 Å². The molecule has 0 fully saturated rings. The van der Waals surface area contributed by atoms with Gasteiger partial charge in [-0.15, -0.1) is 0 Å². The SMILES string of the molecule is Cc1cc(C)n2c(N)c(-c3cnn(C(C)C)c3)nc2c1. The van der Waals surface area contributed by atoms with Crippen LogP contribution in [0.2, 0.25) is 0 Å². The Bertz CT molecular complexity index is 779. The third-order valence-electron chi connectivity index (χ3n) is 3.49. The zero-order valence-electron chi connectivity index (χ0n) is 12.3. The van der Waals surface area contributed by atoms with E-state index in [4.69, 9.17) is 5.73 Å². The molecule has 5 heteroatoms. The monoisotopic (exact) mass is 269 g/mol. The maximum atomic E-state index is 6.27. The van der Waals surface area contributed by atoms with Gasteiger partial charge in [-0.05, 0) is 45.4 Å². The Morgan fingerprint density at radius 1 is 1.20 bits per heavy atom. The van der Waals surface area contributed by atoms with Crippen LogP contribution in [0.4, 0.5) is 5.82 Å². The first-order chi connectivity index (χ1) is 9.47. The van der Waals surface area contributed by atoms with Gasteiger partial charge in [0.25, 0.3) is 0 Å². The van der Waals surface area contributed by atoms with Gasteiger partial charge in [0.15, 0.2) is 0 Å². The van der Waals surface area contributed by atoms with Crippen molar-refractivity contribution < 1.29 is 0 Å². The maximum Gasteiger partial charge on any atom is 0.139 e. The quantitative estimate of drug-likeness (QED) is 0.778. The fraction of sp³-hybridized carbons (Fsp3) is 0.333. The summed E-state index contributed by atoms with van der Waals surface area (Å²) in [6.45, 7) is 8.29. The third kappa shape index (κ3) is 1.86. The molecule has 0 aliphatic heterocycles. The summed E-state index contributed by atoms with van der Waals surface area (Å²) in [4.78, 5) is 4.66. The molecular formula is C15H19N5. The van der Waals surface area contributed by atoms with Crippen LogP contribution in [0.5, 0.6) is 0 Å². The summed E-state index contributed by atoms with van der Waals surface area (Å²) in [6.07, 6.45) is 3.81. The van der Waals surface area contributed by atoms with E-state index >= 15 is 0 Å².